The number of fused-ring (bicyclic) bond motifs is 1. The van der Waals surface area contributed by atoms with Gasteiger partial charge in [0.1, 0.15) is 17.0 Å². The molecule has 31 heavy (non-hydrogen) atoms. The van der Waals surface area contributed by atoms with Gasteiger partial charge in [-0.1, -0.05) is 42.5 Å². The first-order chi connectivity index (χ1) is 14.6. The molecule has 2 saturated heterocycles. The third-order valence-electron chi connectivity index (χ3n) is 5.75. The van der Waals surface area contributed by atoms with Crippen LogP contribution in [0.15, 0.2) is 59.5 Å². The topological polar surface area (TPSA) is 86.7 Å². The average Bonchev–Trinajstić information content (AvgIpc) is 3.02. The summed E-state index contributed by atoms with van der Waals surface area (Å²) in [6, 6.07) is 16.4. The summed E-state index contributed by atoms with van der Waals surface area (Å²) in [5.41, 5.74) is 0.525. The smallest absolute Gasteiger partial charge is 0.327 e. The molecule has 8 heteroatoms. The van der Waals surface area contributed by atoms with Crippen molar-refractivity contribution in [1.29, 1.82) is 0 Å². The molecule has 1 unspecified atom stereocenters. The van der Waals surface area contributed by atoms with Gasteiger partial charge in [-0.3, -0.25) is 9.59 Å². The Morgan fingerprint density at radius 2 is 1.74 bits per heavy atom. The minimum atomic E-state index is -1.14. The summed E-state index contributed by atoms with van der Waals surface area (Å²) in [6.45, 7) is 5.32. The largest absolute Gasteiger partial charge is 0.480 e. The minimum absolute atomic E-state index is 0.330. The maximum absolute atomic E-state index is 13.2. The molecule has 2 aliphatic heterocycles. The molecule has 0 saturated carbocycles. The van der Waals surface area contributed by atoms with Crippen molar-refractivity contribution in [2.24, 2.45) is 0 Å². The van der Waals surface area contributed by atoms with Gasteiger partial charge < -0.3 is 15.3 Å². The second-order valence-corrected chi connectivity index (χ2v) is 11.2. The van der Waals surface area contributed by atoms with Crippen molar-refractivity contribution in [3.63, 3.8) is 0 Å². The minimum Gasteiger partial charge on any atom is -0.480 e. The highest BCUT2D eigenvalue weighted by Crippen LogP contribution is 2.54. The lowest BCUT2D eigenvalue weighted by Crippen LogP contribution is -2.78. The van der Waals surface area contributed by atoms with E-state index in [9.17, 15) is 19.5 Å². The molecule has 2 amide bonds. The highest BCUT2D eigenvalue weighted by Gasteiger charge is 2.70. The lowest BCUT2D eigenvalue weighted by Gasteiger charge is -2.51. The molecule has 2 aromatic carbocycles. The standard InChI is InChI=1S/C23H24N2O4S2/c1-22(2)17(19(27)28)25-20(29)23(3,21(25)31-22)24-18(26)15-11-7-8-12-16(15)30-13-14-9-5-4-6-10-14/h4-12,17,21H,13H2,1-3H3,(H,24,26)(H,27,28)/t17-,21+,23?/m0/s1. The fraction of sp³-hybridized carbons (Fsp3) is 0.348. The second-order valence-electron chi connectivity index (χ2n) is 8.45. The quantitative estimate of drug-likeness (QED) is 0.510. The number of carbonyl (C=O) groups is 3. The van der Waals surface area contributed by atoms with Gasteiger partial charge in [-0.2, -0.15) is 0 Å². The molecular formula is C23H24N2O4S2. The molecule has 2 N–H and O–H groups in total. The third kappa shape index (κ3) is 3.72. The molecular weight excluding hydrogens is 432 g/mol. The number of nitrogens with zero attached hydrogens (tertiary/aromatic N) is 1. The number of hydrogen-bond donors (Lipinski definition) is 2. The van der Waals surface area contributed by atoms with E-state index < -0.39 is 27.7 Å². The zero-order valence-corrected chi connectivity index (χ0v) is 19.1. The van der Waals surface area contributed by atoms with Crippen LogP contribution < -0.4 is 5.32 Å². The van der Waals surface area contributed by atoms with Crippen molar-refractivity contribution in [2.75, 3.05) is 0 Å². The first-order valence-electron chi connectivity index (χ1n) is 9.97. The fourth-order valence-electron chi connectivity index (χ4n) is 4.16. The monoisotopic (exact) mass is 456 g/mol. The van der Waals surface area contributed by atoms with Gasteiger partial charge >= 0.3 is 5.97 Å². The lowest BCUT2D eigenvalue weighted by molar-refractivity contribution is -0.165. The summed E-state index contributed by atoms with van der Waals surface area (Å²) in [5, 5.41) is 12.1. The molecule has 0 radical (unpaired) electrons. The molecule has 2 aromatic rings. The molecule has 4 rings (SSSR count). The number of carboxylic acids is 1. The SMILES string of the molecule is CC1(C)S[C@H]2N(C(=O)C2(C)NC(=O)c2ccccc2SCc2ccccc2)[C@H]1C(=O)O. The third-order valence-corrected chi connectivity index (χ3v) is 8.65. The van der Waals surface area contributed by atoms with Crippen molar-refractivity contribution >= 4 is 41.3 Å². The highest BCUT2D eigenvalue weighted by molar-refractivity contribution is 8.01. The van der Waals surface area contributed by atoms with Gasteiger partial charge in [-0.15, -0.1) is 23.5 Å². The van der Waals surface area contributed by atoms with Gasteiger partial charge in [-0.25, -0.2) is 4.79 Å². The van der Waals surface area contributed by atoms with E-state index in [0.717, 1.165) is 16.2 Å². The Morgan fingerprint density at radius 1 is 1.10 bits per heavy atom. The molecule has 162 valence electrons. The molecule has 2 heterocycles. The van der Waals surface area contributed by atoms with Crippen LogP contribution in [0.1, 0.15) is 36.7 Å². The Labute approximate surface area is 189 Å². The van der Waals surface area contributed by atoms with Crippen molar-refractivity contribution in [2.45, 2.75) is 53.1 Å². The number of aliphatic carboxylic acids is 1. The molecule has 0 aliphatic carbocycles. The number of β-lactam (4-membered cyclic amide) rings is 1. The van der Waals surface area contributed by atoms with Crippen LogP contribution >= 0.6 is 23.5 Å². The Balaban J connectivity index is 1.52. The van der Waals surface area contributed by atoms with E-state index in [1.54, 1.807) is 30.8 Å². The normalized spacial score (nSPS) is 26.2. The van der Waals surface area contributed by atoms with Gasteiger partial charge in [-0.05, 0) is 38.5 Å². The zero-order chi connectivity index (χ0) is 22.4. The summed E-state index contributed by atoms with van der Waals surface area (Å²) in [5.74, 6) is -0.985. The number of carboxylic acid groups (broad SMARTS) is 1. The van der Waals surface area contributed by atoms with Crippen LogP contribution in [-0.2, 0) is 15.3 Å². The predicted molar refractivity (Wildman–Crippen MR) is 122 cm³/mol. The molecule has 0 aromatic heterocycles. The van der Waals surface area contributed by atoms with Crippen LogP contribution in [0.25, 0.3) is 0 Å². The number of hydrogen-bond acceptors (Lipinski definition) is 5. The number of thioether (sulfide) groups is 2. The van der Waals surface area contributed by atoms with E-state index in [1.807, 2.05) is 56.3 Å². The molecule has 0 spiro atoms. The fourth-order valence-corrected chi connectivity index (χ4v) is 6.81. The van der Waals surface area contributed by atoms with Crippen LogP contribution in [0.3, 0.4) is 0 Å². The van der Waals surface area contributed by atoms with E-state index in [2.05, 4.69) is 5.32 Å². The summed E-state index contributed by atoms with van der Waals surface area (Å²) in [7, 11) is 0. The second kappa shape index (κ2) is 7.91. The molecule has 2 fully saturated rings. The Hall–Kier alpha value is -2.45. The first kappa shape index (κ1) is 21.8. The predicted octanol–water partition coefficient (Wildman–Crippen LogP) is 3.61. The van der Waals surface area contributed by atoms with Crippen molar-refractivity contribution in [3.05, 3.63) is 65.7 Å². The van der Waals surface area contributed by atoms with Crippen LogP contribution in [0.4, 0.5) is 0 Å². The highest BCUT2D eigenvalue weighted by atomic mass is 32.2. The number of amides is 2. The van der Waals surface area contributed by atoms with Crippen LogP contribution in [0, 0.1) is 0 Å². The summed E-state index contributed by atoms with van der Waals surface area (Å²) < 4.78 is -0.641. The summed E-state index contributed by atoms with van der Waals surface area (Å²) >= 11 is 2.98. The van der Waals surface area contributed by atoms with E-state index in [-0.39, 0.29) is 11.8 Å². The Morgan fingerprint density at radius 3 is 2.42 bits per heavy atom. The first-order valence-corrected chi connectivity index (χ1v) is 11.8. The maximum atomic E-state index is 13.2. The van der Waals surface area contributed by atoms with E-state index in [0.29, 0.717) is 5.56 Å². The molecule has 2 aliphatic rings. The molecule has 0 bridgehead atoms. The number of nitrogens with one attached hydrogen (secondary N) is 1. The number of benzene rings is 2. The van der Waals surface area contributed by atoms with Crippen LogP contribution in [-0.4, -0.2) is 49.5 Å². The number of carbonyl (C=O) groups excluding carboxylic acids is 2. The Kier molecular flexibility index (Phi) is 5.55. The molecule has 6 nitrogen and oxygen atoms in total. The van der Waals surface area contributed by atoms with Gasteiger partial charge in [0.2, 0.25) is 0 Å². The van der Waals surface area contributed by atoms with Crippen LogP contribution in [0.5, 0.6) is 0 Å². The Bertz CT molecular complexity index is 1040. The van der Waals surface area contributed by atoms with Crippen LogP contribution in [0.2, 0.25) is 0 Å². The van der Waals surface area contributed by atoms with E-state index in [4.69, 9.17) is 0 Å². The maximum Gasteiger partial charge on any atom is 0.327 e. The van der Waals surface area contributed by atoms with Crippen molar-refractivity contribution in [3.8, 4) is 0 Å². The molecule has 3 atom stereocenters. The number of rotatable bonds is 6. The average molecular weight is 457 g/mol. The van der Waals surface area contributed by atoms with Gasteiger partial charge in [0.05, 0.1) is 5.56 Å². The summed E-state index contributed by atoms with van der Waals surface area (Å²) in [4.78, 5) is 40.1. The van der Waals surface area contributed by atoms with Gasteiger partial charge in [0.25, 0.3) is 11.8 Å². The summed E-state index contributed by atoms with van der Waals surface area (Å²) in [6.07, 6.45) is 0. The van der Waals surface area contributed by atoms with Crippen molar-refractivity contribution in [1.82, 2.24) is 10.2 Å². The van der Waals surface area contributed by atoms with Gasteiger partial charge in [0, 0.05) is 15.4 Å². The van der Waals surface area contributed by atoms with Gasteiger partial charge in [0.15, 0.2) is 0 Å². The van der Waals surface area contributed by atoms with E-state index >= 15 is 0 Å². The van der Waals surface area contributed by atoms with E-state index in [1.165, 1.54) is 16.7 Å². The zero-order valence-electron chi connectivity index (χ0n) is 17.5. The lowest BCUT2D eigenvalue weighted by atomic mass is 9.86. The van der Waals surface area contributed by atoms with Crippen molar-refractivity contribution < 1.29 is 19.5 Å².